The Bertz CT molecular complexity index is 887. The summed E-state index contributed by atoms with van der Waals surface area (Å²) in [7, 11) is 0. The van der Waals surface area contributed by atoms with E-state index < -0.39 is 6.04 Å². The second-order valence-electron chi connectivity index (χ2n) is 9.42. The second-order valence-corrected chi connectivity index (χ2v) is 10.3. The van der Waals surface area contributed by atoms with Crippen LogP contribution in [-0.2, 0) is 28.0 Å². The van der Waals surface area contributed by atoms with Gasteiger partial charge in [0.25, 0.3) is 0 Å². The van der Waals surface area contributed by atoms with Gasteiger partial charge in [-0.25, -0.2) is 0 Å². The molecule has 1 atom stereocenters. The standard InChI is InChI=1S/C27H37BrN2O2/c1-6-7-17-29-26(32)20(2)30(19-22-9-8-10-24(28)18-22)25(31)16-13-21-11-14-23(15-12-21)27(3,4)5/h8-12,14-15,18,20H,6-7,13,16-17,19H2,1-5H3,(H,29,32)/t20-/m0/s1. The molecular formula is C27H37BrN2O2. The van der Waals surface area contributed by atoms with Crippen molar-refractivity contribution in [1.82, 2.24) is 10.2 Å². The number of unbranched alkanes of at least 4 members (excludes halogenated alkanes) is 1. The van der Waals surface area contributed by atoms with Crippen LogP contribution in [0.4, 0.5) is 0 Å². The SMILES string of the molecule is CCCCNC(=O)[C@H](C)N(Cc1cccc(Br)c1)C(=O)CCc1ccc(C(C)(C)C)cc1. The van der Waals surface area contributed by atoms with Gasteiger partial charge in [0.05, 0.1) is 0 Å². The van der Waals surface area contributed by atoms with E-state index in [1.165, 1.54) is 5.56 Å². The molecule has 0 aliphatic carbocycles. The molecule has 0 heterocycles. The van der Waals surface area contributed by atoms with Crippen LogP contribution in [0.5, 0.6) is 0 Å². The number of benzene rings is 2. The van der Waals surface area contributed by atoms with Crippen LogP contribution in [0.1, 0.15) is 70.6 Å². The van der Waals surface area contributed by atoms with Crippen molar-refractivity contribution < 1.29 is 9.59 Å². The summed E-state index contributed by atoms with van der Waals surface area (Å²) in [6, 6.07) is 15.8. The lowest BCUT2D eigenvalue weighted by atomic mass is 9.86. The van der Waals surface area contributed by atoms with Crippen molar-refractivity contribution in [1.29, 1.82) is 0 Å². The number of nitrogens with zero attached hydrogens (tertiary/aromatic N) is 1. The third-order valence-corrected chi connectivity index (χ3v) is 6.18. The third kappa shape index (κ3) is 8.09. The largest absolute Gasteiger partial charge is 0.354 e. The zero-order valence-corrected chi connectivity index (χ0v) is 21.7. The summed E-state index contributed by atoms with van der Waals surface area (Å²) in [4.78, 5) is 27.7. The molecule has 0 aliphatic rings. The maximum absolute atomic E-state index is 13.2. The molecule has 174 valence electrons. The molecule has 0 bridgehead atoms. The molecule has 2 aromatic rings. The van der Waals surface area contributed by atoms with Crippen LogP contribution in [0.25, 0.3) is 0 Å². The monoisotopic (exact) mass is 500 g/mol. The summed E-state index contributed by atoms with van der Waals surface area (Å²) in [5.74, 6) is -0.112. The molecule has 0 saturated heterocycles. The molecule has 2 aromatic carbocycles. The first-order valence-corrected chi connectivity index (χ1v) is 12.3. The van der Waals surface area contributed by atoms with E-state index in [0.717, 1.165) is 28.4 Å². The minimum Gasteiger partial charge on any atom is -0.354 e. The zero-order chi connectivity index (χ0) is 23.7. The Kier molecular flexibility index (Phi) is 9.95. The molecule has 4 nitrogen and oxygen atoms in total. The van der Waals surface area contributed by atoms with Crippen LogP contribution in [0.3, 0.4) is 0 Å². The first-order valence-electron chi connectivity index (χ1n) is 11.5. The van der Waals surface area contributed by atoms with E-state index in [1.54, 1.807) is 4.90 Å². The van der Waals surface area contributed by atoms with Crippen molar-refractivity contribution in [2.24, 2.45) is 0 Å². The van der Waals surface area contributed by atoms with Crippen LogP contribution in [0.15, 0.2) is 53.0 Å². The van der Waals surface area contributed by atoms with Crippen molar-refractivity contribution >= 4 is 27.7 Å². The average molecular weight is 502 g/mol. The number of amides is 2. The fraction of sp³-hybridized carbons (Fsp3) is 0.481. The Morgan fingerprint density at radius 3 is 2.34 bits per heavy atom. The molecule has 2 rings (SSSR count). The fourth-order valence-corrected chi connectivity index (χ4v) is 3.96. The number of hydrogen-bond donors (Lipinski definition) is 1. The van der Waals surface area contributed by atoms with E-state index in [0.29, 0.717) is 25.9 Å². The van der Waals surface area contributed by atoms with Crippen LogP contribution in [-0.4, -0.2) is 29.3 Å². The second kappa shape index (κ2) is 12.2. The number of halogens is 1. The van der Waals surface area contributed by atoms with Gasteiger partial charge in [0.1, 0.15) is 6.04 Å². The van der Waals surface area contributed by atoms with Crippen LogP contribution < -0.4 is 5.32 Å². The smallest absolute Gasteiger partial charge is 0.242 e. The first kappa shape index (κ1) is 26.1. The molecule has 32 heavy (non-hydrogen) atoms. The molecule has 2 amide bonds. The molecule has 0 aliphatic heterocycles. The quantitative estimate of drug-likeness (QED) is 0.405. The summed E-state index contributed by atoms with van der Waals surface area (Å²) in [5, 5.41) is 2.97. The van der Waals surface area contributed by atoms with E-state index in [9.17, 15) is 9.59 Å². The Hall–Kier alpha value is -2.14. The fourth-order valence-electron chi connectivity index (χ4n) is 3.52. The molecule has 1 N–H and O–H groups in total. The highest BCUT2D eigenvalue weighted by atomic mass is 79.9. The van der Waals surface area contributed by atoms with Gasteiger partial charge in [-0.2, -0.15) is 0 Å². The van der Waals surface area contributed by atoms with E-state index >= 15 is 0 Å². The highest BCUT2D eigenvalue weighted by Gasteiger charge is 2.26. The molecule has 0 fully saturated rings. The van der Waals surface area contributed by atoms with Crippen LogP contribution in [0, 0.1) is 0 Å². The van der Waals surface area contributed by atoms with Gasteiger partial charge in [-0.15, -0.1) is 0 Å². The molecule has 0 spiro atoms. The van der Waals surface area contributed by atoms with Crippen LogP contribution in [0.2, 0.25) is 0 Å². The van der Waals surface area contributed by atoms with E-state index in [-0.39, 0.29) is 17.2 Å². The average Bonchev–Trinajstić information content (AvgIpc) is 2.75. The number of carbonyl (C=O) groups excluding carboxylic acids is 2. The Morgan fingerprint density at radius 1 is 1.06 bits per heavy atom. The highest BCUT2D eigenvalue weighted by molar-refractivity contribution is 9.10. The van der Waals surface area contributed by atoms with E-state index in [2.05, 4.69) is 73.2 Å². The predicted octanol–water partition coefficient (Wildman–Crippen LogP) is 6.01. The summed E-state index contributed by atoms with van der Waals surface area (Å²) in [6.07, 6.45) is 2.98. The Balaban J connectivity index is 2.11. The van der Waals surface area contributed by atoms with Gasteiger partial charge < -0.3 is 10.2 Å². The lowest BCUT2D eigenvalue weighted by Crippen LogP contribution is -2.47. The van der Waals surface area contributed by atoms with Crippen molar-refractivity contribution in [3.63, 3.8) is 0 Å². The van der Waals surface area contributed by atoms with Crippen molar-refractivity contribution in [2.45, 2.75) is 78.3 Å². The van der Waals surface area contributed by atoms with Gasteiger partial charge >= 0.3 is 0 Å². The topological polar surface area (TPSA) is 49.4 Å². The minimum absolute atomic E-state index is 0.0111. The Labute approximate surface area is 201 Å². The number of carbonyl (C=O) groups is 2. The van der Waals surface area contributed by atoms with Crippen molar-refractivity contribution in [3.8, 4) is 0 Å². The molecule has 0 unspecified atom stereocenters. The van der Waals surface area contributed by atoms with Gasteiger partial charge in [0.15, 0.2) is 0 Å². The predicted molar refractivity (Wildman–Crippen MR) is 136 cm³/mol. The molecule has 0 saturated carbocycles. The molecule has 0 aromatic heterocycles. The van der Waals surface area contributed by atoms with Gasteiger partial charge in [0.2, 0.25) is 11.8 Å². The van der Waals surface area contributed by atoms with Gasteiger partial charge in [-0.05, 0) is 54.0 Å². The number of hydrogen-bond acceptors (Lipinski definition) is 2. The summed E-state index contributed by atoms with van der Waals surface area (Å²) >= 11 is 3.50. The maximum Gasteiger partial charge on any atom is 0.242 e. The minimum atomic E-state index is -0.526. The summed E-state index contributed by atoms with van der Waals surface area (Å²) < 4.78 is 0.960. The Morgan fingerprint density at radius 2 is 1.75 bits per heavy atom. The normalized spacial score (nSPS) is 12.3. The van der Waals surface area contributed by atoms with Crippen LogP contribution >= 0.6 is 15.9 Å². The lowest BCUT2D eigenvalue weighted by molar-refractivity contribution is -0.140. The highest BCUT2D eigenvalue weighted by Crippen LogP contribution is 2.23. The summed E-state index contributed by atoms with van der Waals surface area (Å²) in [5.41, 5.74) is 3.51. The molecular weight excluding hydrogens is 464 g/mol. The van der Waals surface area contributed by atoms with Crippen molar-refractivity contribution in [2.75, 3.05) is 6.54 Å². The van der Waals surface area contributed by atoms with Crippen molar-refractivity contribution in [3.05, 3.63) is 69.7 Å². The lowest BCUT2D eigenvalue weighted by Gasteiger charge is -2.29. The number of nitrogens with one attached hydrogen (secondary N) is 1. The zero-order valence-electron chi connectivity index (χ0n) is 20.1. The van der Waals surface area contributed by atoms with Gasteiger partial charge in [-0.1, -0.05) is 86.4 Å². The van der Waals surface area contributed by atoms with Gasteiger partial charge in [-0.3, -0.25) is 9.59 Å². The number of rotatable bonds is 10. The first-order chi connectivity index (χ1) is 15.1. The molecule has 0 radical (unpaired) electrons. The number of aryl methyl sites for hydroxylation is 1. The van der Waals surface area contributed by atoms with E-state index in [4.69, 9.17) is 0 Å². The van der Waals surface area contributed by atoms with Gasteiger partial charge in [0, 0.05) is 24.0 Å². The van der Waals surface area contributed by atoms with E-state index in [1.807, 2.05) is 31.2 Å². The maximum atomic E-state index is 13.2. The molecule has 5 heteroatoms. The summed E-state index contributed by atoms with van der Waals surface area (Å²) in [6.45, 7) is 11.5. The third-order valence-electron chi connectivity index (χ3n) is 5.69.